The topological polar surface area (TPSA) is 98.7 Å². The Labute approximate surface area is 125 Å². The van der Waals surface area contributed by atoms with Crippen LogP contribution in [-0.4, -0.2) is 34.4 Å². The summed E-state index contributed by atoms with van der Waals surface area (Å²) in [5.41, 5.74) is -1.09. The first-order chi connectivity index (χ1) is 9.22. The van der Waals surface area contributed by atoms with E-state index in [1.165, 1.54) is 0 Å². The third-order valence-corrected chi connectivity index (χ3v) is 3.24. The van der Waals surface area contributed by atoms with Crippen LogP contribution in [-0.2, 0) is 4.79 Å². The molecule has 2 atom stereocenters. The number of aliphatic hydroxyl groups is 1. The molecule has 0 saturated carbocycles. The molecule has 1 rings (SSSR count). The molecule has 0 aliphatic carbocycles. The molecule has 0 saturated heterocycles. The van der Waals surface area contributed by atoms with E-state index in [1.807, 2.05) is 24.3 Å². The number of aliphatic carboxylic acids is 1. The molecule has 0 spiro atoms. The number of hydrogen-bond acceptors (Lipinski definition) is 3. The van der Waals surface area contributed by atoms with E-state index in [0.29, 0.717) is 0 Å². The van der Waals surface area contributed by atoms with Crippen LogP contribution in [0.4, 0.5) is 4.79 Å². The van der Waals surface area contributed by atoms with Gasteiger partial charge in [-0.25, -0.2) is 9.59 Å². The maximum Gasteiger partial charge on any atom is 0.337 e. The van der Waals surface area contributed by atoms with Gasteiger partial charge in [0.1, 0.15) is 0 Å². The van der Waals surface area contributed by atoms with E-state index in [9.17, 15) is 14.7 Å². The molecular weight excluding hydrogens is 328 g/mol. The van der Waals surface area contributed by atoms with Gasteiger partial charge >= 0.3 is 12.0 Å². The number of rotatable bonds is 5. The molecule has 1 aromatic rings. The molecular formula is C13H17BrN2O4. The van der Waals surface area contributed by atoms with Crippen LogP contribution in [0.1, 0.15) is 25.5 Å². The lowest BCUT2D eigenvalue weighted by molar-refractivity contribution is -0.155. The number of carbonyl (C=O) groups excluding carboxylic acids is 1. The Balaban J connectivity index is 2.52. The van der Waals surface area contributed by atoms with Crippen LogP contribution in [0.5, 0.6) is 0 Å². The molecule has 20 heavy (non-hydrogen) atoms. The number of carbonyl (C=O) groups is 2. The van der Waals surface area contributed by atoms with Crippen LogP contribution in [0.25, 0.3) is 0 Å². The quantitative estimate of drug-likeness (QED) is 0.652. The van der Waals surface area contributed by atoms with Crippen molar-refractivity contribution in [2.24, 2.45) is 0 Å². The van der Waals surface area contributed by atoms with Crippen molar-refractivity contribution < 1.29 is 19.8 Å². The second-order valence-corrected chi connectivity index (χ2v) is 5.60. The minimum atomic E-state index is -1.99. The summed E-state index contributed by atoms with van der Waals surface area (Å²) in [6.45, 7) is 2.55. The minimum Gasteiger partial charge on any atom is -0.479 e. The van der Waals surface area contributed by atoms with Gasteiger partial charge in [0.15, 0.2) is 5.60 Å². The first kappa shape index (κ1) is 16.5. The molecule has 7 heteroatoms. The monoisotopic (exact) mass is 344 g/mol. The van der Waals surface area contributed by atoms with Gasteiger partial charge in [-0.1, -0.05) is 28.1 Å². The molecule has 6 nitrogen and oxygen atoms in total. The van der Waals surface area contributed by atoms with Gasteiger partial charge in [0.05, 0.1) is 12.6 Å². The van der Waals surface area contributed by atoms with Gasteiger partial charge in [0.2, 0.25) is 0 Å². The maximum atomic E-state index is 11.6. The second kappa shape index (κ2) is 6.71. The second-order valence-electron chi connectivity index (χ2n) is 4.68. The van der Waals surface area contributed by atoms with E-state index in [-0.39, 0.29) is 12.6 Å². The number of nitrogens with one attached hydrogen (secondary N) is 2. The number of halogens is 1. The van der Waals surface area contributed by atoms with Crippen molar-refractivity contribution in [1.29, 1.82) is 0 Å². The highest BCUT2D eigenvalue weighted by Crippen LogP contribution is 2.17. The lowest BCUT2D eigenvalue weighted by Gasteiger charge is -2.20. The molecule has 0 fully saturated rings. The highest BCUT2D eigenvalue weighted by Gasteiger charge is 2.30. The molecule has 0 bridgehead atoms. The Morgan fingerprint density at radius 3 is 2.65 bits per heavy atom. The van der Waals surface area contributed by atoms with Crippen molar-refractivity contribution >= 4 is 27.9 Å². The van der Waals surface area contributed by atoms with E-state index in [4.69, 9.17) is 5.11 Å². The first-order valence-corrected chi connectivity index (χ1v) is 6.77. The number of carboxylic acids is 1. The van der Waals surface area contributed by atoms with E-state index in [2.05, 4.69) is 26.6 Å². The zero-order chi connectivity index (χ0) is 15.3. The van der Waals surface area contributed by atoms with Crippen molar-refractivity contribution in [3.8, 4) is 0 Å². The smallest absolute Gasteiger partial charge is 0.337 e. The highest BCUT2D eigenvalue weighted by molar-refractivity contribution is 9.10. The predicted octanol–water partition coefficient (Wildman–Crippen LogP) is 1.64. The molecule has 0 heterocycles. The first-order valence-electron chi connectivity index (χ1n) is 5.98. The van der Waals surface area contributed by atoms with Crippen molar-refractivity contribution in [1.82, 2.24) is 10.6 Å². The molecule has 110 valence electrons. The van der Waals surface area contributed by atoms with Crippen LogP contribution < -0.4 is 10.6 Å². The van der Waals surface area contributed by atoms with Gasteiger partial charge < -0.3 is 20.8 Å². The Morgan fingerprint density at radius 2 is 2.10 bits per heavy atom. The van der Waals surface area contributed by atoms with E-state index >= 15 is 0 Å². The normalized spacial score (nSPS) is 15.0. The summed E-state index contributed by atoms with van der Waals surface area (Å²) in [7, 11) is 0. The summed E-state index contributed by atoms with van der Waals surface area (Å²) in [4.78, 5) is 22.3. The predicted molar refractivity (Wildman–Crippen MR) is 77.4 cm³/mol. The average Bonchev–Trinajstić information content (AvgIpc) is 2.36. The summed E-state index contributed by atoms with van der Waals surface area (Å²) in [5.74, 6) is -1.39. The van der Waals surface area contributed by atoms with E-state index < -0.39 is 17.6 Å². The lowest BCUT2D eigenvalue weighted by Crippen LogP contribution is -2.49. The van der Waals surface area contributed by atoms with Crippen LogP contribution in [0.15, 0.2) is 28.7 Å². The van der Waals surface area contributed by atoms with Gasteiger partial charge in [-0.05, 0) is 31.5 Å². The van der Waals surface area contributed by atoms with E-state index in [1.54, 1.807) is 6.92 Å². The molecule has 0 aromatic heterocycles. The number of benzene rings is 1. The Kier molecular flexibility index (Phi) is 5.52. The molecule has 0 aliphatic rings. The molecule has 2 amide bonds. The average molecular weight is 345 g/mol. The fourth-order valence-corrected chi connectivity index (χ4v) is 1.85. The standard InChI is InChI=1S/C13H17BrN2O4/c1-8(9-4-3-5-10(14)6-9)16-12(19)15-7-13(2,20)11(17)18/h3-6,8,20H,7H2,1-2H3,(H,17,18)(H2,15,16,19). The van der Waals surface area contributed by atoms with Crippen molar-refractivity contribution in [3.05, 3.63) is 34.3 Å². The third-order valence-electron chi connectivity index (χ3n) is 2.75. The van der Waals surface area contributed by atoms with Gasteiger partial charge in [-0.3, -0.25) is 0 Å². The van der Waals surface area contributed by atoms with Crippen LogP contribution >= 0.6 is 15.9 Å². The molecule has 4 N–H and O–H groups in total. The highest BCUT2D eigenvalue weighted by atomic mass is 79.9. The number of amides is 2. The summed E-state index contributed by atoms with van der Waals surface area (Å²) in [5, 5.41) is 23.2. The van der Waals surface area contributed by atoms with Crippen LogP contribution in [0, 0.1) is 0 Å². The summed E-state index contributed by atoms with van der Waals surface area (Å²) in [6.07, 6.45) is 0. The minimum absolute atomic E-state index is 0.248. The molecule has 1 aromatic carbocycles. The van der Waals surface area contributed by atoms with Gasteiger partial charge in [-0.2, -0.15) is 0 Å². The zero-order valence-electron chi connectivity index (χ0n) is 11.2. The van der Waals surface area contributed by atoms with Gasteiger partial charge in [0.25, 0.3) is 0 Å². The Bertz CT molecular complexity index is 505. The summed E-state index contributed by atoms with van der Waals surface area (Å²) >= 11 is 3.34. The molecule has 0 aliphatic heterocycles. The van der Waals surface area contributed by atoms with Gasteiger partial charge in [-0.15, -0.1) is 0 Å². The van der Waals surface area contributed by atoms with E-state index in [0.717, 1.165) is 17.0 Å². The fourth-order valence-electron chi connectivity index (χ4n) is 1.43. The Hall–Kier alpha value is -1.60. The lowest BCUT2D eigenvalue weighted by atomic mass is 10.1. The van der Waals surface area contributed by atoms with Crippen LogP contribution in [0.3, 0.4) is 0 Å². The fraction of sp³-hybridized carbons (Fsp3) is 0.385. The number of urea groups is 1. The molecule has 0 radical (unpaired) electrons. The van der Waals surface area contributed by atoms with Crippen LogP contribution in [0.2, 0.25) is 0 Å². The maximum absolute atomic E-state index is 11.6. The van der Waals surface area contributed by atoms with Crippen molar-refractivity contribution in [3.63, 3.8) is 0 Å². The SMILES string of the molecule is CC(NC(=O)NCC(C)(O)C(=O)O)c1cccc(Br)c1. The number of hydrogen-bond donors (Lipinski definition) is 4. The van der Waals surface area contributed by atoms with Gasteiger partial charge in [0, 0.05) is 4.47 Å². The number of carboxylic acid groups (broad SMARTS) is 1. The molecule has 2 unspecified atom stereocenters. The Morgan fingerprint density at radius 1 is 1.45 bits per heavy atom. The third kappa shape index (κ3) is 4.82. The summed E-state index contributed by atoms with van der Waals surface area (Å²) < 4.78 is 0.901. The van der Waals surface area contributed by atoms with Crippen molar-refractivity contribution in [2.45, 2.75) is 25.5 Å². The summed E-state index contributed by atoms with van der Waals surface area (Å²) in [6, 6.07) is 6.67. The zero-order valence-corrected chi connectivity index (χ0v) is 12.8. The largest absolute Gasteiger partial charge is 0.479 e. The van der Waals surface area contributed by atoms with Crippen molar-refractivity contribution in [2.75, 3.05) is 6.54 Å².